The van der Waals surface area contributed by atoms with Crippen molar-refractivity contribution in [1.82, 2.24) is 25.1 Å². The highest BCUT2D eigenvalue weighted by molar-refractivity contribution is 5.98. The molecule has 0 spiro atoms. The Kier molecular flexibility index (Phi) is 4.57. The molecule has 4 aromatic rings. The maximum Gasteiger partial charge on any atom is 0.416 e. The van der Waals surface area contributed by atoms with Gasteiger partial charge in [0.25, 0.3) is 5.91 Å². The van der Waals surface area contributed by atoms with Crippen molar-refractivity contribution in [1.29, 1.82) is 0 Å². The maximum absolute atomic E-state index is 13.1. The van der Waals surface area contributed by atoms with E-state index in [-0.39, 0.29) is 12.1 Å². The number of fused-ring (bicyclic) bond motifs is 1. The number of halogens is 3. The van der Waals surface area contributed by atoms with E-state index in [9.17, 15) is 18.0 Å². The summed E-state index contributed by atoms with van der Waals surface area (Å²) in [5.41, 5.74) is 1.64. The molecule has 0 atom stereocenters. The molecule has 2 N–H and O–H groups in total. The summed E-state index contributed by atoms with van der Waals surface area (Å²) in [6, 6.07) is 10.5. The van der Waals surface area contributed by atoms with Gasteiger partial charge in [-0.05, 0) is 29.8 Å². The van der Waals surface area contributed by atoms with Crippen LogP contribution in [-0.4, -0.2) is 25.7 Å². The lowest BCUT2D eigenvalue weighted by Crippen LogP contribution is -2.26. The van der Waals surface area contributed by atoms with Crippen LogP contribution in [0.4, 0.5) is 13.2 Å². The molecule has 1 amide bonds. The molecule has 3 heterocycles. The zero-order valence-corrected chi connectivity index (χ0v) is 15.3. The highest BCUT2D eigenvalue weighted by atomic mass is 19.4. The summed E-state index contributed by atoms with van der Waals surface area (Å²) in [7, 11) is 1.69. The molecule has 0 fully saturated rings. The molecular weight excluding hydrogens is 383 g/mol. The molecule has 148 valence electrons. The lowest BCUT2D eigenvalue weighted by molar-refractivity contribution is -0.138. The Balaban J connectivity index is 1.59. The van der Waals surface area contributed by atoms with Gasteiger partial charge in [-0.15, -0.1) is 0 Å². The van der Waals surface area contributed by atoms with Crippen LogP contribution in [-0.2, 0) is 19.8 Å². The van der Waals surface area contributed by atoms with E-state index in [4.69, 9.17) is 0 Å². The second-order valence-electron chi connectivity index (χ2n) is 6.52. The fourth-order valence-corrected chi connectivity index (χ4v) is 3.19. The van der Waals surface area contributed by atoms with Crippen molar-refractivity contribution in [3.8, 4) is 11.3 Å². The number of rotatable bonds is 4. The summed E-state index contributed by atoms with van der Waals surface area (Å²) in [5, 5.41) is 9.94. The number of aromatic nitrogens is 4. The molecule has 9 heteroatoms. The summed E-state index contributed by atoms with van der Waals surface area (Å²) in [5.74, 6) is -0.479. The first kappa shape index (κ1) is 18.7. The molecular formula is C20H16F3N5O. The minimum absolute atomic E-state index is 0.00693. The molecule has 0 radical (unpaired) electrons. The van der Waals surface area contributed by atoms with Gasteiger partial charge in [-0.3, -0.25) is 9.89 Å². The summed E-state index contributed by atoms with van der Waals surface area (Å²) in [6.45, 7) is -0.232. The number of hydrogen-bond acceptors (Lipinski definition) is 3. The number of H-pyrrole nitrogens is 1. The fourth-order valence-electron chi connectivity index (χ4n) is 3.19. The van der Waals surface area contributed by atoms with Crippen LogP contribution < -0.4 is 5.32 Å². The van der Waals surface area contributed by atoms with Crippen LogP contribution in [0.5, 0.6) is 0 Å². The lowest BCUT2D eigenvalue weighted by Gasteiger charge is -2.13. The second kappa shape index (κ2) is 7.08. The number of carbonyl (C=O) groups is 1. The summed E-state index contributed by atoms with van der Waals surface area (Å²) < 4.78 is 41.0. The van der Waals surface area contributed by atoms with E-state index < -0.39 is 17.6 Å². The molecule has 0 saturated heterocycles. The van der Waals surface area contributed by atoms with Crippen molar-refractivity contribution in [2.24, 2.45) is 7.05 Å². The Bertz CT molecular complexity index is 1180. The monoisotopic (exact) mass is 399 g/mol. The minimum Gasteiger partial charge on any atom is -0.347 e. The van der Waals surface area contributed by atoms with Gasteiger partial charge in [0, 0.05) is 30.7 Å². The van der Waals surface area contributed by atoms with Crippen LogP contribution in [0.15, 0.2) is 54.9 Å². The zero-order valence-electron chi connectivity index (χ0n) is 15.3. The number of hydrogen-bond donors (Lipinski definition) is 2. The van der Waals surface area contributed by atoms with E-state index in [0.29, 0.717) is 17.0 Å². The highest BCUT2D eigenvalue weighted by Gasteiger charge is 2.32. The number of aryl methyl sites for hydroxylation is 1. The Labute approximate surface area is 163 Å². The number of benzene rings is 1. The van der Waals surface area contributed by atoms with E-state index >= 15 is 0 Å². The van der Waals surface area contributed by atoms with Crippen LogP contribution in [0.1, 0.15) is 21.6 Å². The highest BCUT2D eigenvalue weighted by Crippen LogP contribution is 2.31. The van der Waals surface area contributed by atoms with Crippen molar-refractivity contribution in [2.45, 2.75) is 12.7 Å². The first-order chi connectivity index (χ1) is 13.8. The Morgan fingerprint density at radius 1 is 1.21 bits per heavy atom. The molecule has 0 aliphatic carbocycles. The van der Waals surface area contributed by atoms with Crippen LogP contribution in [0, 0.1) is 0 Å². The lowest BCUT2D eigenvalue weighted by atomic mass is 10.1. The second-order valence-corrected chi connectivity index (χ2v) is 6.52. The number of amides is 1. The van der Waals surface area contributed by atoms with Gasteiger partial charge in [0.2, 0.25) is 0 Å². The predicted octanol–water partition coefficient (Wildman–Crippen LogP) is 3.91. The van der Waals surface area contributed by atoms with Gasteiger partial charge >= 0.3 is 6.18 Å². The smallest absolute Gasteiger partial charge is 0.347 e. The third kappa shape index (κ3) is 3.58. The SMILES string of the molecule is Cn1c(C(=O)NCc2ccccc2C(F)(F)F)cc2ccc(-c3cn[nH]c3)nc21. The first-order valence-corrected chi connectivity index (χ1v) is 8.73. The first-order valence-electron chi connectivity index (χ1n) is 8.73. The van der Waals surface area contributed by atoms with E-state index in [1.165, 1.54) is 18.2 Å². The predicted molar refractivity (Wildman–Crippen MR) is 101 cm³/mol. The summed E-state index contributed by atoms with van der Waals surface area (Å²) in [4.78, 5) is 17.2. The van der Waals surface area contributed by atoms with Gasteiger partial charge in [0.1, 0.15) is 11.3 Å². The number of alkyl halides is 3. The van der Waals surface area contributed by atoms with Crippen molar-refractivity contribution >= 4 is 16.9 Å². The standard InChI is InChI=1S/C20H16F3N5O/c1-28-17(8-12-6-7-16(27-18(12)28)14-10-25-26-11-14)19(29)24-9-13-4-2-3-5-15(13)20(21,22)23/h2-8,10-11H,9H2,1H3,(H,24,29)(H,25,26). The third-order valence-corrected chi connectivity index (χ3v) is 4.67. The average Bonchev–Trinajstić information content (AvgIpc) is 3.34. The van der Waals surface area contributed by atoms with Crippen molar-refractivity contribution < 1.29 is 18.0 Å². The van der Waals surface area contributed by atoms with E-state index in [0.717, 1.165) is 17.0 Å². The van der Waals surface area contributed by atoms with Crippen LogP contribution in [0.3, 0.4) is 0 Å². The molecule has 0 unspecified atom stereocenters. The zero-order chi connectivity index (χ0) is 20.6. The molecule has 29 heavy (non-hydrogen) atoms. The largest absolute Gasteiger partial charge is 0.416 e. The molecule has 0 bridgehead atoms. The topological polar surface area (TPSA) is 75.6 Å². The van der Waals surface area contributed by atoms with Crippen LogP contribution in [0.25, 0.3) is 22.3 Å². The molecule has 6 nitrogen and oxygen atoms in total. The fraction of sp³-hybridized carbons (Fsp3) is 0.150. The Morgan fingerprint density at radius 3 is 2.72 bits per heavy atom. The Morgan fingerprint density at radius 2 is 2.00 bits per heavy atom. The van der Waals surface area contributed by atoms with Crippen molar-refractivity contribution in [3.05, 3.63) is 71.7 Å². The number of aromatic amines is 1. The number of nitrogens with one attached hydrogen (secondary N) is 2. The van der Waals surface area contributed by atoms with Gasteiger partial charge in [-0.25, -0.2) is 4.98 Å². The van der Waals surface area contributed by atoms with E-state index in [1.807, 2.05) is 12.1 Å². The molecule has 1 aromatic carbocycles. The number of nitrogens with zero attached hydrogens (tertiary/aromatic N) is 3. The summed E-state index contributed by atoms with van der Waals surface area (Å²) >= 11 is 0. The van der Waals surface area contributed by atoms with Gasteiger partial charge in [0.05, 0.1) is 17.5 Å². The van der Waals surface area contributed by atoms with E-state index in [2.05, 4.69) is 20.5 Å². The van der Waals surface area contributed by atoms with Gasteiger partial charge in [0.15, 0.2) is 0 Å². The molecule has 4 rings (SSSR count). The molecule has 0 saturated carbocycles. The maximum atomic E-state index is 13.1. The Hall–Kier alpha value is -3.62. The van der Waals surface area contributed by atoms with Gasteiger partial charge in [-0.2, -0.15) is 18.3 Å². The number of carbonyl (C=O) groups excluding carboxylic acids is 1. The van der Waals surface area contributed by atoms with Crippen molar-refractivity contribution in [2.75, 3.05) is 0 Å². The van der Waals surface area contributed by atoms with Gasteiger partial charge < -0.3 is 9.88 Å². The van der Waals surface area contributed by atoms with E-state index in [1.54, 1.807) is 30.1 Å². The molecule has 0 aliphatic heterocycles. The van der Waals surface area contributed by atoms with Crippen molar-refractivity contribution in [3.63, 3.8) is 0 Å². The van der Waals surface area contributed by atoms with Gasteiger partial charge in [-0.1, -0.05) is 18.2 Å². The number of pyridine rings is 1. The molecule has 0 aliphatic rings. The minimum atomic E-state index is -4.48. The quantitative estimate of drug-likeness (QED) is 0.546. The van der Waals surface area contributed by atoms with Crippen LogP contribution >= 0.6 is 0 Å². The van der Waals surface area contributed by atoms with Crippen LogP contribution in [0.2, 0.25) is 0 Å². The normalized spacial score (nSPS) is 11.7. The average molecular weight is 399 g/mol. The molecule has 3 aromatic heterocycles. The third-order valence-electron chi connectivity index (χ3n) is 4.67. The summed E-state index contributed by atoms with van der Waals surface area (Å²) in [6.07, 6.45) is -1.12.